The van der Waals surface area contributed by atoms with Crippen LogP contribution in [0.1, 0.15) is 23.6 Å². The molecule has 1 aliphatic heterocycles. The molecule has 0 unspecified atom stereocenters. The summed E-state index contributed by atoms with van der Waals surface area (Å²) in [5.74, 6) is -0.841. The number of aryl methyl sites for hydroxylation is 1. The molecular weight excluding hydrogens is 511 g/mol. The zero-order valence-corrected chi connectivity index (χ0v) is 22.4. The van der Waals surface area contributed by atoms with E-state index in [9.17, 15) is 22.8 Å². The molecule has 2 amide bonds. The molecule has 0 atom stereocenters. The van der Waals surface area contributed by atoms with Gasteiger partial charge in [-0.15, -0.1) is 0 Å². The fourth-order valence-corrected chi connectivity index (χ4v) is 4.76. The smallest absolute Gasteiger partial charge is 0.257 e. The minimum Gasteiger partial charge on any atom is -0.353 e. The number of amides is 2. The summed E-state index contributed by atoms with van der Waals surface area (Å²) in [5, 5.41) is 13.9. The van der Waals surface area contributed by atoms with E-state index in [-0.39, 0.29) is 37.3 Å². The van der Waals surface area contributed by atoms with Gasteiger partial charge >= 0.3 is 0 Å². The molecule has 2 aromatic carbocycles. The lowest BCUT2D eigenvalue weighted by Crippen LogP contribution is -2.48. The molecule has 0 radical (unpaired) electrons. The quantitative estimate of drug-likeness (QED) is 0.341. The lowest BCUT2D eigenvalue weighted by Gasteiger charge is -2.32. The summed E-state index contributed by atoms with van der Waals surface area (Å²) >= 11 is 0. The number of halogens is 3. The number of carbonyl (C=O) groups is 2. The van der Waals surface area contributed by atoms with Gasteiger partial charge in [-0.2, -0.15) is 5.10 Å². The van der Waals surface area contributed by atoms with Gasteiger partial charge in [0, 0.05) is 49.9 Å². The molecule has 9 nitrogen and oxygen atoms in total. The van der Waals surface area contributed by atoms with Crippen LogP contribution < -0.4 is 15.5 Å². The Bertz CT molecular complexity index is 1330. The zero-order valence-electron chi connectivity index (χ0n) is 22.4. The first kappa shape index (κ1) is 28.4. The van der Waals surface area contributed by atoms with Gasteiger partial charge in [0.1, 0.15) is 12.4 Å². The maximum Gasteiger partial charge on any atom is 0.257 e. The molecule has 0 spiro atoms. The number of aromatic nitrogens is 2. The standard InChI is InChI=1S/C27H34F3N7O2/c1-4-31-8-9-32-26(38)16-35(23-11-20-12-33-37(15-25(29)30)24(20)10-18(23)2)17-27(39)34(3)36-13-19-6-5-7-22(28)21(19)14-36/h5-7,10-12,25,31H,4,8-9,13-17H2,1-3H3,(H,32,38). The Labute approximate surface area is 225 Å². The minimum atomic E-state index is -2.55. The van der Waals surface area contributed by atoms with Crippen LogP contribution in [0.15, 0.2) is 36.5 Å². The lowest BCUT2D eigenvalue weighted by molar-refractivity contribution is -0.145. The summed E-state index contributed by atoms with van der Waals surface area (Å²) in [7, 11) is 1.63. The fourth-order valence-electron chi connectivity index (χ4n) is 4.76. The maximum absolute atomic E-state index is 14.3. The second-order valence-electron chi connectivity index (χ2n) is 9.59. The van der Waals surface area contributed by atoms with Crippen molar-refractivity contribution >= 4 is 28.4 Å². The largest absolute Gasteiger partial charge is 0.353 e. The van der Waals surface area contributed by atoms with Gasteiger partial charge in [0.15, 0.2) is 0 Å². The number of nitrogens with zero attached hydrogens (tertiary/aromatic N) is 5. The van der Waals surface area contributed by atoms with E-state index in [1.807, 2.05) is 13.0 Å². The average molecular weight is 546 g/mol. The highest BCUT2D eigenvalue weighted by molar-refractivity contribution is 5.90. The number of hydrogen-bond acceptors (Lipinski definition) is 6. The number of nitrogens with one attached hydrogen (secondary N) is 2. The number of rotatable bonds is 12. The molecule has 3 aromatic rings. The monoisotopic (exact) mass is 545 g/mol. The van der Waals surface area contributed by atoms with Crippen molar-refractivity contribution in [3.8, 4) is 0 Å². The lowest BCUT2D eigenvalue weighted by atomic mass is 10.1. The van der Waals surface area contributed by atoms with E-state index >= 15 is 0 Å². The average Bonchev–Trinajstić information content (AvgIpc) is 3.50. The Hall–Kier alpha value is -3.64. The number of anilines is 1. The van der Waals surface area contributed by atoms with Gasteiger partial charge < -0.3 is 15.5 Å². The normalized spacial score (nSPS) is 13.2. The van der Waals surface area contributed by atoms with Crippen LogP contribution in [0.4, 0.5) is 18.9 Å². The molecule has 4 rings (SSSR count). The van der Waals surface area contributed by atoms with Gasteiger partial charge in [0.05, 0.1) is 24.8 Å². The molecule has 0 bridgehead atoms. The van der Waals surface area contributed by atoms with Crippen LogP contribution in [-0.4, -0.2) is 77.8 Å². The third kappa shape index (κ3) is 6.69. The second-order valence-corrected chi connectivity index (χ2v) is 9.59. The van der Waals surface area contributed by atoms with E-state index in [1.54, 1.807) is 42.1 Å². The highest BCUT2D eigenvalue weighted by Crippen LogP contribution is 2.29. The molecule has 1 aliphatic rings. The Morgan fingerprint density at radius 2 is 1.95 bits per heavy atom. The number of hydrogen-bond donors (Lipinski definition) is 2. The molecule has 210 valence electrons. The number of carbonyl (C=O) groups excluding carboxylic acids is 2. The summed E-state index contributed by atoms with van der Waals surface area (Å²) in [5.41, 5.74) is 3.28. The van der Waals surface area contributed by atoms with Crippen LogP contribution >= 0.6 is 0 Å². The predicted octanol–water partition coefficient (Wildman–Crippen LogP) is 2.67. The molecule has 0 aliphatic carbocycles. The fraction of sp³-hybridized carbons (Fsp3) is 0.444. The first-order valence-electron chi connectivity index (χ1n) is 12.9. The van der Waals surface area contributed by atoms with Gasteiger partial charge in [-0.1, -0.05) is 19.1 Å². The Balaban J connectivity index is 1.55. The predicted molar refractivity (Wildman–Crippen MR) is 143 cm³/mol. The van der Waals surface area contributed by atoms with E-state index in [4.69, 9.17) is 0 Å². The van der Waals surface area contributed by atoms with Crippen molar-refractivity contribution in [1.82, 2.24) is 30.4 Å². The Morgan fingerprint density at radius 1 is 1.15 bits per heavy atom. The zero-order chi connectivity index (χ0) is 28.1. The molecule has 1 aromatic heterocycles. The Kier molecular flexibility index (Phi) is 9.08. The van der Waals surface area contributed by atoms with Gasteiger partial charge in [0.2, 0.25) is 5.91 Å². The number of benzene rings is 2. The molecule has 2 N–H and O–H groups in total. The first-order chi connectivity index (χ1) is 18.7. The van der Waals surface area contributed by atoms with Crippen LogP contribution in [0.3, 0.4) is 0 Å². The molecule has 39 heavy (non-hydrogen) atoms. The van der Waals surface area contributed by atoms with Gasteiger partial charge in [-0.05, 0) is 42.8 Å². The summed E-state index contributed by atoms with van der Waals surface area (Å²) in [6, 6.07) is 8.40. The first-order valence-corrected chi connectivity index (χ1v) is 12.9. The number of hydrazine groups is 1. The van der Waals surface area contributed by atoms with Crippen LogP contribution in [-0.2, 0) is 29.2 Å². The summed E-state index contributed by atoms with van der Waals surface area (Å²) in [6.07, 6.45) is -1.05. The van der Waals surface area contributed by atoms with Crippen molar-refractivity contribution in [2.75, 3.05) is 44.7 Å². The number of alkyl halides is 2. The van der Waals surface area contributed by atoms with Crippen molar-refractivity contribution in [3.63, 3.8) is 0 Å². The molecule has 0 saturated heterocycles. The van der Waals surface area contributed by atoms with Crippen LogP contribution in [0.25, 0.3) is 10.9 Å². The molecular formula is C27H34F3N7O2. The summed E-state index contributed by atoms with van der Waals surface area (Å²) in [6.45, 7) is 5.54. The highest BCUT2D eigenvalue weighted by Gasteiger charge is 2.29. The van der Waals surface area contributed by atoms with Gasteiger partial charge in [-0.3, -0.25) is 19.3 Å². The number of fused-ring (bicyclic) bond motifs is 2. The van der Waals surface area contributed by atoms with Crippen molar-refractivity contribution in [3.05, 3.63) is 59.0 Å². The van der Waals surface area contributed by atoms with Crippen LogP contribution in [0, 0.1) is 12.7 Å². The van der Waals surface area contributed by atoms with Crippen molar-refractivity contribution in [1.29, 1.82) is 0 Å². The van der Waals surface area contributed by atoms with Crippen LogP contribution in [0.5, 0.6) is 0 Å². The highest BCUT2D eigenvalue weighted by atomic mass is 19.3. The summed E-state index contributed by atoms with van der Waals surface area (Å²) < 4.78 is 41.5. The van der Waals surface area contributed by atoms with Crippen molar-refractivity contribution in [2.45, 2.75) is 39.9 Å². The topological polar surface area (TPSA) is 85.7 Å². The number of likely N-dealkylation sites (N-methyl/N-ethyl adjacent to an activating group) is 2. The SMILES string of the molecule is CCNCCNC(=O)CN(CC(=O)N(C)N1Cc2cccc(F)c2C1)c1cc2cnn(CC(F)F)c2cc1C. The minimum absolute atomic E-state index is 0.0852. The van der Waals surface area contributed by atoms with E-state index in [0.29, 0.717) is 47.4 Å². The van der Waals surface area contributed by atoms with Crippen molar-refractivity contribution in [2.24, 2.45) is 0 Å². The molecule has 0 saturated carbocycles. The third-order valence-corrected chi connectivity index (χ3v) is 6.84. The molecule has 12 heteroatoms. The van der Waals surface area contributed by atoms with Crippen LogP contribution in [0.2, 0.25) is 0 Å². The second kappa shape index (κ2) is 12.5. The summed E-state index contributed by atoms with van der Waals surface area (Å²) in [4.78, 5) is 27.9. The van der Waals surface area contributed by atoms with E-state index in [0.717, 1.165) is 12.1 Å². The van der Waals surface area contributed by atoms with E-state index in [1.165, 1.54) is 22.0 Å². The van der Waals surface area contributed by atoms with E-state index < -0.39 is 13.0 Å². The molecule has 2 heterocycles. The Morgan fingerprint density at radius 3 is 2.67 bits per heavy atom. The van der Waals surface area contributed by atoms with Crippen molar-refractivity contribution < 1.29 is 22.8 Å². The third-order valence-electron chi connectivity index (χ3n) is 6.84. The van der Waals surface area contributed by atoms with E-state index in [2.05, 4.69) is 15.7 Å². The molecule has 0 fully saturated rings. The van der Waals surface area contributed by atoms with Gasteiger partial charge in [-0.25, -0.2) is 18.2 Å². The van der Waals surface area contributed by atoms with Gasteiger partial charge in [0.25, 0.3) is 12.3 Å². The maximum atomic E-state index is 14.3.